The molecule has 0 unspecified atom stereocenters. The number of anilines is 1. The number of hydrogen-bond acceptors (Lipinski definition) is 8. The summed E-state index contributed by atoms with van der Waals surface area (Å²) in [7, 11) is 1.61. The summed E-state index contributed by atoms with van der Waals surface area (Å²) in [5.74, 6) is 0.866. The molecule has 174 valence electrons. The van der Waals surface area contributed by atoms with Crippen LogP contribution in [0.5, 0.6) is 5.75 Å². The van der Waals surface area contributed by atoms with Crippen molar-refractivity contribution in [2.45, 2.75) is 50.4 Å². The zero-order valence-electron chi connectivity index (χ0n) is 18.5. The first-order valence-electron chi connectivity index (χ1n) is 10.8. The highest BCUT2D eigenvalue weighted by Crippen LogP contribution is 2.35. The molecule has 4 rings (SSSR count). The monoisotopic (exact) mass is 470 g/mol. The van der Waals surface area contributed by atoms with Crippen LogP contribution in [-0.4, -0.2) is 43.0 Å². The minimum atomic E-state index is -0.758. The van der Waals surface area contributed by atoms with Gasteiger partial charge in [0.1, 0.15) is 17.1 Å². The number of aromatic amines is 1. The lowest BCUT2D eigenvalue weighted by Crippen LogP contribution is -2.36. The summed E-state index contributed by atoms with van der Waals surface area (Å²) in [4.78, 5) is 39.6. The van der Waals surface area contributed by atoms with Crippen molar-refractivity contribution in [3.8, 4) is 17.1 Å². The molecule has 33 heavy (non-hydrogen) atoms. The molecule has 1 aromatic carbocycles. The third-order valence-corrected chi connectivity index (χ3v) is 6.47. The summed E-state index contributed by atoms with van der Waals surface area (Å²) in [5.41, 5.74) is 5.44. The van der Waals surface area contributed by atoms with E-state index in [2.05, 4.69) is 22.1 Å². The summed E-state index contributed by atoms with van der Waals surface area (Å²) in [6.07, 6.45) is 3.50. The second kappa shape index (κ2) is 9.65. The molecule has 0 saturated heterocycles. The number of ether oxygens (including phenoxy) is 1. The van der Waals surface area contributed by atoms with Gasteiger partial charge in [-0.05, 0) is 43.5 Å². The highest BCUT2D eigenvalue weighted by Gasteiger charge is 2.30. The van der Waals surface area contributed by atoms with E-state index in [-0.39, 0.29) is 23.2 Å². The Morgan fingerprint density at radius 1 is 1.24 bits per heavy atom. The number of unbranched alkanes of at least 4 members (excludes halogenated alkanes) is 1. The van der Waals surface area contributed by atoms with Crippen LogP contribution in [0.3, 0.4) is 0 Å². The van der Waals surface area contributed by atoms with Crippen molar-refractivity contribution in [2.24, 2.45) is 0 Å². The van der Waals surface area contributed by atoms with Crippen LogP contribution in [0, 0.1) is 0 Å². The summed E-state index contributed by atoms with van der Waals surface area (Å²) in [6, 6.07) is 7.47. The molecule has 10 nitrogen and oxygen atoms in total. The average molecular weight is 471 g/mol. The van der Waals surface area contributed by atoms with E-state index < -0.39 is 17.0 Å². The van der Waals surface area contributed by atoms with Crippen molar-refractivity contribution in [3.05, 3.63) is 50.7 Å². The number of thioether (sulfide) groups is 1. The Morgan fingerprint density at radius 3 is 2.61 bits per heavy atom. The fourth-order valence-electron chi connectivity index (χ4n) is 3.60. The normalized spacial score (nSPS) is 13.3. The number of nitrogen functional groups attached to an aromatic ring is 1. The molecule has 1 aliphatic carbocycles. The number of nitrogens with one attached hydrogen (secondary N) is 1. The molecule has 0 aliphatic heterocycles. The number of H-pyrrole nitrogens is 1. The van der Waals surface area contributed by atoms with E-state index >= 15 is 0 Å². The van der Waals surface area contributed by atoms with Gasteiger partial charge in [-0.15, -0.1) is 10.2 Å². The Balaban J connectivity index is 1.59. The zero-order chi connectivity index (χ0) is 23.5. The fraction of sp³-hybridized carbons (Fsp3) is 0.409. The van der Waals surface area contributed by atoms with Crippen molar-refractivity contribution in [2.75, 3.05) is 18.6 Å². The number of carbonyl (C=O) groups is 1. The van der Waals surface area contributed by atoms with Gasteiger partial charge in [-0.3, -0.25) is 19.1 Å². The largest absolute Gasteiger partial charge is 0.497 e. The van der Waals surface area contributed by atoms with Crippen molar-refractivity contribution in [3.63, 3.8) is 0 Å². The molecular weight excluding hydrogens is 444 g/mol. The van der Waals surface area contributed by atoms with Crippen LogP contribution < -0.4 is 21.7 Å². The van der Waals surface area contributed by atoms with E-state index in [0.29, 0.717) is 17.5 Å². The Hall–Kier alpha value is -3.34. The predicted octanol–water partition coefficient (Wildman–Crippen LogP) is 2.50. The van der Waals surface area contributed by atoms with Crippen LogP contribution in [-0.2, 0) is 6.54 Å². The van der Waals surface area contributed by atoms with Gasteiger partial charge >= 0.3 is 5.69 Å². The lowest BCUT2D eigenvalue weighted by molar-refractivity contribution is 0.102. The van der Waals surface area contributed by atoms with Crippen LogP contribution >= 0.6 is 11.8 Å². The maximum Gasteiger partial charge on any atom is 0.330 e. The van der Waals surface area contributed by atoms with E-state index in [4.69, 9.17) is 10.5 Å². The van der Waals surface area contributed by atoms with Crippen molar-refractivity contribution >= 4 is 23.4 Å². The van der Waals surface area contributed by atoms with Gasteiger partial charge in [0.15, 0.2) is 16.8 Å². The summed E-state index contributed by atoms with van der Waals surface area (Å²) < 4.78 is 8.51. The molecular formula is C22H26N6O4S. The molecule has 0 atom stereocenters. The number of nitrogens with zero attached hydrogens (tertiary/aromatic N) is 4. The minimum absolute atomic E-state index is 0.0526. The van der Waals surface area contributed by atoms with E-state index in [1.165, 1.54) is 16.3 Å². The highest BCUT2D eigenvalue weighted by molar-refractivity contribution is 7.99. The smallest absolute Gasteiger partial charge is 0.330 e. The van der Waals surface area contributed by atoms with E-state index in [0.717, 1.165) is 37.0 Å². The maximum absolute atomic E-state index is 12.9. The standard InChI is InChI=1S/C22H26N6O4S/c1-3-4-11-27-19(13-5-9-15(32-2)10-6-13)25-26-22(27)33-12-16(29)17-18(23)28(14-7-8-14)21(31)24-20(17)30/h5-6,9-10,14H,3-4,7-8,11-12,23H2,1-2H3,(H,24,30,31). The molecule has 0 bridgehead atoms. The highest BCUT2D eigenvalue weighted by atomic mass is 32.2. The second-order valence-electron chi connectivity index (χ2n) is 7.87. The third-order valence-electron chi connectivity index (χ3n) is 5.51. The van der Waals surface area contributed by atoms with E-state index in [9.17, 15) is 14.4 Å². The summed E-state index contributed by atoms with van der Waals surface area (Å²) in [5, 5.41) is 9.21. The Morgan fingerprint density at radius 2 is 1.97 bits per heavy atom. The summed E-state index contributed by atoms with van der Waals surface area (Å²) in [6.45, 7) is 2.79. The summed E-state index contributed by atoms with van der Waals surface area (Å²) >= 11 is 1.19. The third kappa shape index (κ3) is 4.72. The number of nitrogens with two attached hydrogens (primary N) is 1. The SMILES string of the molecule is CCCCn1c(SCC(=O)c2c(N)n(C3CC3)c(=O)[nH]c2=O)nnc1-c1ccc(OC)cc1. The van der Waals surface area contributed by atoms with Crippen molar-refractivity contribution in [1.82, 2.24) is 24.3 Å². The number of carbonyl (C=O) groups excluding carboxylic acids is 1. The number of rotatable bonds is 10. The Kier molecular flexibility index (Phi) is 6.68. The van der Waals surface area contributed by atoms with Gasteiger partial charge in [-0.1, -0.05) is 25.1 Å². The molecule has 3 aromatic rings. The quantitative estimate of drug-likeness (QED) is 0.340. The minimum Gasteiger partial charge on any atom is -0.497 e. The fourth-order valence-corrected chi connectivity index (χ4v) is 4.44. The van der Waals surface area contributed by atoms with Gasteiger partial charge in [0.05, 0.1) is 12.9 Å². The first kappa shape index (κ1) is 22.8. The van der Waals surface area contributed by atoms with E-state index in [1.54, 1.807) is 7.11 Å². The number of ketones is 1. The molecule has 1 fully saturated rings. The predicted molar refractivity (Wildman–Crippen MR) is 126 cm³/mol. The molecule has 3 N–H and O–H groups in total. The zero-order valence-corrected chi connectivity index (χ0v) is 19.4. The van der Waals surface area contributed by atoms with Crippen molar-refractivity contribution in [1.29, 1.82) is 0 Å². The second-order valence-corrected chi connectivity index (χ2v) is 8.81. The number of benzene rings is 1. The molecule has 0 radical (unpaired) electrons. The number of hydrogen-bond donors (Lipinski definition) is 2. The maximum atomic E-state index is 12.9. The Labute approximate surface area is 194 Å². The van der Waals surface area contributed by atoms with Gasteiger partial charge in [-0.25, -0.2) is 4.79 Å². The molecule has 1 aliphatic rings. The number of Topliss-reactive ketones (excluding diaryl/α,β-unsaturated/α-hetero) is 1. The lowest BCUT2D eigenvalue weighted by atomic mass is 10.2. The molecule has 1 saturated carbocycles. The molecule has 2 aromatic heterocycles. The first-order valence-corrected chi connectivity index (χ1v) is 11.8. The number of methoxy groups -OCH3 is 1. The lowest BCUT2D eigenvalue weighted by Gasteiger charge is -2.12. The van der Waals surface area contributed by atoms with Gasteiger partial charge < -0.3 is 15.0 Å². The molecule has 2 heterocycles. The van der Waals surface area contributed by atoms with Crippen LogP contribution in [0.15, 0.2) is 39.0 Å². The molecule has 0 spiro atoms. The van der Waals surface area contributed by atoms with E-state index in [1.807, 2.05) is 28.8 Å². The van der Waals surface area contributed by atoms with Gasteiger partial charge in [0, 0.05) is 18.2 Å². The van der Waals surface area contributed by atoms with Crippen LogP contribution in [0.2, 0.25) is 0 Å². The Bertz CT molecular complexity index is 1270. The molecule has 11 heteroatoms. The van der Waals surface area contributed by atoms with Crippen LogP contribution in [0.1, 0.15) is 49.0 Å². The topological polar surface area (TPSA) is 138 Å². The van der Waals surface area contributed by atoms with Crippen LogP contribution in [0.25, 0.3) is 11.4 Å². The van der Waals surface area contributed by atoms with Gasteiger partial charge in [0.25, 0.3) is 5.56 Å². The van der Waals surface area contributed by atoms with Crippen LogP contribution in [0.4, 0.5) is 5.82 Å². The first-order chi connectivity index (χ1) is 15.9. The molecule has 0 amide bonds. The average Bonchev–Trinajstić information content (AvgIpc) is 3.55. The van der Waals surface area contributed by atoms with Gasteiger partial charge in [0.2, 0.25) is 0 Å². The van der Waals surface area contributed by atoms with Gasteiger partial charge in [-0.2, -0.15) is 0 Å². The van der Waals surface area contributed by atoms with Crippen molar-refractivity contribution < 1.29 is 9.53 Å². The number of aromatic nitrogens is 5.